The van der Waals surface area contributed by atoms with E-state index >= 15 is 0 Å². The molecule has 0 aromatic heterocycles. The van der Waals surface area contributed by atoms with E-state index in [4.69, 9.17) is 5.73 Å². The van der Waals surface area contributed by atoms with Gasteiger partial charge in [0.2, 0.25) is 11.8 Å². The van der Waals surface area contributed by atoms with Crippen LogP contribution in [0.5, 0.6) is 0 Å². The summed E-state index contributed by atoms with van der Waals surface area (Å²) in [5.74, 6) is 1.32. The molecule has 2 saturated heterocycles. The first-order chi connectivity index (χ1) is 12.5. The summed E-state index contributed by atoms with van der Waals surface area (Å²) < 4.78 is 0. The molecule has 5 nitrogen and oxygen atoms in total. The molecule has 1 unspecified atom stereocenters. The molecule has 27 heavy (non-hydrogen) atoms. The average molecular weight is 400 g/mol. The van der Waals surface area contributed by atoms with Crippen molar-refractivity contribution in [2.75, 3.05) is 32.7 Å². The summed E-state index contributed by atoms with van der Waals surface area (Å²) in [6.07, 6.45) is 10.5. The molecule has 1 saturated carbocycles. The van der Waals surface area contributed by atoms with Gasteiger partial charge in [0, 0.05) is 38.5 Å². The SMILES string of the molecule is CC1CCCN(C(=O)C2CCN(C(=O)CC3(CN)CCCCC3)CC2)C1.Cl. The highest BCUT2D eigenvalue weighted by Crippen LogP contribution is 2.39. The molecule has 0 spiro atoms. The Hall–Kier alpha value is -0.810. The Bertz CT molecular complexity index is 500. The highest BCUT2D eigenvalue weighted by molar-refractivity contribution is 5.85. The molecular formula is C21H38ClN3O2. The molecular weight excluding hydrogens is 362 g/mol. The van der Waals surface area contributed by atoms with Gasteiger partial charge in [-0.3, -0.25) is 9.59 Å². The number of hydrogen-bond acceptors (Lipinski definition) is 3. The van der Waals surface area contributed by atoms with E-state index in [0.717, 1.165) is 58.3 Å². The summed E-state index contributed by atoms with van der Waals surface area (Å²) >= 11 is 0. The second kappa shape index (κ2) is 10.1. The largest absolute Gasteiger partial charge is 0.343 e. The molecule has 0 aromatic carbocycles. The normalized spacial score (nSPS) is 26.4. The molecule has 3 aliphatic rings. The van der Waals surface area contributed by atoms with Gasteiger partial charge in [-0.05, 0) is 56.4 Å². The quantitative estimate of drug-likeness (QED) is 0.789. The maximum absolute atomic E-state index is 12.8. The average Bonchev–Trinajstić information content (AvgIpc) is 2.68. The Morgan fingerprint density at radius 2 is 1.63 bits per heavy atom. The third-order valence-electron chi connectivity index (χ3n) is 7.04. The predicted octanol–water partition coefficient (Wildman–Crippen LogP) is 3.20. The minimum atomic E-state index is 0. The van der Waals surface area contributed by atoms with Crippen LogP contribution in [0.4, 0.5) is 0 Å². The number of piperidine rings is 2. The van der Waals surface area contributed by atoms with Gasteiger partial charge in [0.1, 0.15) is 0 Å². The van der Waals surface area contributed by atoms with Crippen LogP contribution in [0.1, 0.15) is 71.1 Å². The van der Waals surface area contributed by atoms with Crippen molar-refractivity contribution >= 4 is 24.2 Å². The third-order valence-corrected chi connectivity index (χ3v) is 7.04. The van der Waals surface area contributed by atoms with Crippen molar-refractivity contribution in [3.63, 3.8) is 0 Å². The summed E-state index contributed by atoms with van der Waals surface area (Å²) in [7, 11) is 0. The fourth-order valence-electron chi connectivity index (χ4n) is 5.21. The number of likely N-dealkylation sites (tertiary alicyclic amines) is 2. The van der Waals surface area contributed by atoms with Crippen LogP contribution in [0.2, 0.25) is 0 Å². The lowest BCUT2D eigenvalue weighted by atomic mass is 9.71. The number of carbonyl (C=O) groups is 2. The number of rotatable bonds is 4. The molecule has 2 heterocycles. The van der Waals surface area contributed by atoms with Crippen LogP contribution in [0.3, 0.4) is 0 Å². The number of amides is 2. The fraction of sp³-hybridized carbons (Fsp3) is 0.905. The van der Waals surface area contributed by atoms with E-state index in [-0.39, 0.29) is 29.6 Å². The minimum Gasteiger partial charge on any atom is -0.343 e. The van der Waals surface area contributed by atoms with Crippen molar-refractivity contribution in [2.24, 2.45) is 23.0 Å². The fourth-order valence-corrected chi connectivity index (χ4v) is 5.21. The summed E-state index contributed by atoms with van der Waals surface area (Å²) in [6.45, 7) is 6.16. The zero-order chi connectivity index (χ0) is 18.6. The summed E-state index contributed by atoms with van der Waals surface area (Å²) in [6, 6.07) is 0. The van der Waals surface area contributed by atoms with Crippen LogP contribution < -0.4 is 5.73 Å². The summed E-state index contributed by atoms with van der Waals surface area (Å²) in [5.41, 5.74) is 6.08. The Labute approximate surface area is 170 Å². The van der Waals surface area contributed by atoms with Crippen LogP contribution in [-0.4, -0.2) is 54.3 Å². The van der Waals surface area contributed by atoms with Gasteiger partial charge in [-0.2, -0.15) is 0 Å². The Morgan fingerprint density at radius 3 is 2.22 bits per heavy atom. The topological polar surface area (TPSA) is 66.6 Å². The molecule has 2 amide bonds. The number of halogens is 1. The molecule has 1 aliphatic carbocycles. The van der Waals surface area contributed by atoms with E-state index in [1.54, 1.807) is 0 Å². The first kappa shape index (κ1) is 22.5. The minimum absolute atomic E-state index is 0. The van der Waals surface area contributed by atoms with Crippen LogP contribution in [-0.2, 0) is 9.59 Å². The molecule has 0 aromatic rings. The van der Waals surface area contributed by atoms with Crippen molar-refractivity contribution in [3.05, 3.63) is 0 Å². The van der Waals surface area contributed by atoms with Gasteiger partial charge >= 0.3 is 0 Å². The van der Waals surface area contributed by atoms with Gasteiger partial charge in [0.25, 0.3) is 0 Å². The Morgan fingerprint density at radius 1 is 0.963 bits per heavy atom. The van der Waals surface area contributed by atoms with E-state index in [2.05, 4.69) is 11.8 Å². The van der Waals surface area contributed by atoms with Gasteiger partial charge in [0.15, 0.2) is 0 Å². The van der Waals surface area contributed by atoms with Crippen molar-refractivity contribution in [2.45, 2.75) is 71.1 Å². The van der Waals surface area contributed by atoms with Crippen LogP contribution in [0.25, 0.3) is 0 Å². The first-order valence-electron chi connectivity index (χ1n) is 10.8. The number of carbonyl (C=O) groups excluding carboxylic acids is 2. The van der Waals surface area contributed by atoms with Crippen molar-refractivity contribution < 1.29 is 9.59 Å². The number of nitrogens with two attached hydrogens (primary N) is 1. The molecule has 0 radical (unpaired) electrons. The van der Waals surface area contributed by atoms with Gasteiger partial charge in [0.05, 0.1) is 0 Å². The standard InChI is InChI=1S/C21H37N3O2.ClH/c1-17-6-5-11-24(15-17)20(26)18-7-12-23(13-8-18)19(25)14-21(16-22)9-3-2-4-10-21;/h17-18H,2-16,22H2,1H3;1H. The first-order valence-corrected chi connectivity index (χ1v) is 10.8. The zero-order valence-electron chi connectivity index (χ0n) is 17.0. The van der Waals surface area contributed by atoms with Crippen LogP contribution in [0, 0.1) is 17.3 Å². The lowest BCUT2D eigenvalue weighted by molar-refractivity contribution is -0.143. The van der Waals surface area contributed by atoms with Crippen molar-refractivity contribution in [1.82, 2.24) is 9.80 Å². The third kappa shape index (κ3) is 5.60. The molecule has 0 bridgehead atoms. The predicted molar refractivity (Wildman–Crippen MR) is 111 cm³/mol. The number of nitrogens with zero attached hydrogens (tertiary/aromatic N) is 2. The molecule has 156 valence electrons. The highest BCUT2D eigenvalue weighted by Gasteiger charge is 2.36. The molecule has 2 N–H and O–H groups in total. The van der Waals surface area contributed by atoms with Crippen LogP contribution in [0.15, 0.2) is 0 Å². The molecule has 3 fully saturated rings. The van der Waals surface area contributed by atoms with Crippen molar-refractivity contribution in [3.8, 4) is 0 Å². The number of hydrogen-bond donors (Lipinski definition) is 1. The second-order valence-electron chi connectivity index (χ2n) is 9.13. The Kier molecular flexibility index (Phi) is 8.41. The Balaban J connectivity index is 0.00000261. The van der Waals surface area contributed by atoms with Gasteiger partial charge < -0.3 is 15.5 Å². The molecule has 3 rings (SSSR count). The lowest BCUT2D eigenvalue weighted by Gasteiger charge is -2.40. The van der Waals surface area contributed by atoms with E-state index in [1.807, 2.05) is 4.90 Å². The van der Waals surface area contributed by atoms with E-state index in [9.17, 15) is 9.59 Å². The van der Waals surface area contributed by atoms with Crippen LogP contribution >= 0.6 is 12.4 Å². The summed E-state index contributed by atoms with van der Waals surface area (Å²) in [5, 5.41) is 0. The second-order valence-corrected chi connectivity index (χ2v) is 9.13. The zero-order valence-corrected chi connectivity index (χ0v) is 17.8. The van der Waals surface area contributed by atoms with E-state index in [0.29, 0.717) is 24.8 Å². The lowest BCUT2D eigenvalue weighted by Crippen LogP contribution is -2.48. The van der Waals surface area contributed by atoms with E-state index in [1.165, 1.54) is 25.7 Å². The monoisotopic (exact) mass is 399 g/mol. The van der Waals surface area contributed by atoms with Gasteiger partial charge in [-0.15, -0.1) is 12.4 Å². The van der Waals surface area contributed by atoms with Crippen molar-refractivity contribution in [1.29, 1.82) is 0 Å². The molecule has 1 atom stereocenters. The smallest absolute Gasteiger partial charge is 0.225 e. The molecule has 6 heteroatoms. The highest BCUT2D eigenvalue weighted by atomic mass is 35.5. The van der Waals surface area contributed by atoms with Gasteiger partial charge in [-0.25, -0.2) is 0 Å². The summed E-state index contributed by atoms with van der Waals surface area (Å²) in [4.78, 5) is 29.7. The maximum atomic E-state index is 12.8. The van der Waals surface area contributed by atoms with E-state index < -0.39 is 0 Å². The maximum Gasteiger partial charge on any atom is 0.225 e. The van der Waals surface area contributed by atoms with Gasteiger partial charge in [-0.1, -0.05) is 26.2 Å². The molecule has 2 aliphatic heterocycles.